The molecule has 6 nitrogen and oxygen atoms in total. The zero-order valence-corrected chi connectivity index (χ0v) is 14.8. The van der Waals surface area contributed by atoms with Gasteiger partial charge in [-0.1, -0.05) is 43.4 Å². The second kappa shape index (κ2) is 6.49. The molecule has 0 radical (unpaired) electrons. The lowest BCUT2D eigenvalue weighted by Gasteiger charge is -2.17. The molecular formula is C17H21N5OS. The van der Waals surface area contributed by atoms with Gasteiger partial charge in [0.2, 0.25) is 4.96 Å². The third-order valence-electron chi connectivity index (χ3n) is 4.08. The maximum absolute atomic E-state index is 5.84. The molecule has 0 fully saturated rings. The molecule has 1 aliphatic rings. The first-order chi connectivity index (χ1) is 11.7. The van der Waals surface area contributed by atoms with Crippen molar-refractivity contribution in [1.82, 2.24) is 24.7 Å². The van der Waals surface area contributed by atoms with Gasteiger partial charge in [-0.25, -0.2) is 0 Å². The van der Waals surface area contributed by atoms with E-state index in [0.29, 0.717) is 12.5 Å². The van der Waals surface area contributed by atoms with Crippen LogP contribution in [0.3, 0.4) is 0 Å². The molecule has 0 N–H and O–H groups in total. The van der Waals surface area contributed by atoms with Gasteiger partial charge in [0.25, 0.3) is 0 Å². The summed E-state index contributed by atoms with van der Waals surface area (Å²) in [4.78, 5) is 3.26. The molecular weight excluding hydrogens is 322 g/mol. The maximum Gasteiger partial charge on any atom is 0.234 e. The van der Waals surface area contributed by atoms with Crippen LogP contribution in [-0.2, 0) is 19.5 Å². The van der Waals surface area contributed by atoms with Crippen LogP contribution >= 0.6 is 11.3 Å². The summed E-state index contributed by atoms with van der Waals surface area (Å²) in [7, 11) is 0. The van der Waals surface area contributed by atoms with E-state index in [1.165, 1.54) is 5.56 Å². The summed E-state index contributed by atoms with van der Waals surface area (Å²) in [5.41, 5.74) is 1.23. The first-order valence-corrected chi connectivity index (χ1v) is 9.14. The molecule has 0 aliphatic carbocycles. The molecule has 126 valence electrons. The number of nitrogens with zero attached hydrogens (tertiary/aromatic N) is 5. The molecule has 4 rings (SSSR count). The Bertz CT molecular complexity index is 840. The van der Waals surface area contributed by atoms with Crippen molar-refractivity contribution in [2.24, 2.45) is 5.92 Å². The van der Waals surface area contributed by atoms with E-state index in [0.717, 1.165) is 47.6 Å². The minimum Gasteiger partial charge on any atom is -0.492 e. The molecule has 24 heavy (non-hydrogen) atoms. The predicted molar refractivity (Wildman–Crippen MR) is 93.3 cm³/mol. The van der Waals surface area contributed by atoms with Crippen LogP contribution in [0.5, 0.6) is 5.75 Å². The van der Waals surface area contributed by atoms with Crippen molar-refractivity contribution in [3.05, 3.63) is 40.7 Å². The number of para-hydroxylation sites is 1. The van der Waals surface area contributed by atoms with E-state index < -0.39 is 0 Å². The van der Waals surface area contributed by atoms with Crippen LogP contribution in [0, 0.1) is 5.92 Å². The SMILES string of the molecule is CC(C)Cc1nnc2sc(CN3CCOc4ccccc4C3)nn12. The highest BCUT2D eigenvalue weighted by molar-refractivity contribution is 7.16. The van der Waals surface area contributed by atoms with Crippen molar-refractivity contribution in [2.45, 2.75) is 33.4 Å². The molecule has 2 aromatic heterocycles. The van der Waals surface area contributed by atoms with Gasteiger partial charge < -0.3 is 4.74 Å². The van der Waals surface area contributed by atoms with Crippen LogP contribution in [0.2, 0.25) is 0 Å². The highest BCUT2D eigenvalue weighted by atomic mass is 32.1. The number of benzene rings is 1. The topological polar surface area (TPSA) is 55.5 Å². The summed E-state index contributed by atoms with van der Waals surface area (Å²) in [6.07, 6.45) is 0.898. The van der Waals surface area contributed by atoms with Gasteiger partial charge in [-0.15, -0.1) is 10.2 Å². The molecule has 0 spiro atoms. The quantitative estimate of drug-likeness (QED) is 0.729. The predicted octanol–water partition coefficient (Wildman–Crippen LogP) is 2.78. The fraction of sp³-hybridized carbons (Fsp3) is 0.471. The highest BCUT2D eigenvalue weighted by Crippen LogP contribution is 2.24. The monoisotopic (exact) mass is 343 g/mol. The molecule has 0 bridgehead atoms. The van der Waals surface area contributed by atoms with E-state index in [1.54, 1.807) is 11.3 Å². The largest absolute Gasteiger partial charge is 0.492 e. The minimum atomic E-state index is 0.543. The Kier molecular flexibility index (Phi) is 4.20. The van der Waals surface area contributed by atoms with E-state index in [1.807, 2.05) is 16.6 Å². The first-order valence-electron chi connectivity index (χ1n) is 8.32. The molecule has 3 heterocycles. The summed E-state index contributed by atoms with van der Waals surface area (Å²) in [5.74, 6) is 2.49. The van der Waals surface area contributed by atoms with Crippen LogP contribution in [0.15, 0.2) is 24.3 Å². The Labute approximate surface area is 145 Å². The highest BCUT2D eigenvalue weighted by Gasteiger charge is 2.18. The van der Waals surface area contributed by atoms with Crippen LogP contribution in [0.25, 0.3) is 4.96 Å². The zero-order valence-electron chi connectivity index (χ0n) is 14.0. The summed E-state index contributed by atoms with van der Waals surface area (Å²) in [6, 6.07) is 8.26. The fourth-order valence-electron chi connectivity index (χ4n) is 2.96. The molecule has 1 aromatic carbocycles. The minimum absolute atomic E-state index is 0.543. The van der Waals surface area contributed by atoms with Crippen LogP contribution < -0.4 is 4.74 Å². The summed E-state index contributed by atoms with van der Waals surface area (Å²) >= 11 is 1.62. The Morgan fingerprint density at radius 3 is 3.00 bits per heavy atom. The van der Waals surface area contributed by atoms with Crippen molar-refractivity contribution < 1.29 is 4.74 Å². The van der Waals surface area contributed by atoms with E-state index >= 15 is 0 Å². The lowest BCUT2D eigenvalue weighted by molar-refractivity contribution is 0.219. The Morgan fingerprint density at radius 1 is 1.25 bits per heavy atom. The van der Waals surface area contributed by atoms with Crippen molar-refractivity contribution in [3.63, 3.8) is 0 Å². The van der Waals surface area contributed by atoms with Crippen LogP contribution in [0.4, 0.5) is 0 Å². The summed E-state index contributed by atoms with van der Waals surface area (Å²) < 4.78 is 7.74. The van der Waals surface area contributed by atoms with Gasteiger partial charge in [-0.3, -0.25) is 4.90 Å². The van der Waals surface area contributed by atoms with E-state index in [2.05, 4.69) is 41.1 Å². The molecule has 1 aliphatic heterocycles. The van der Waals surface area contributed by atoms with Crippen LogP contribution in [-0.4, -0.2) is 37.9 Å². The van der Waals surface area contributed by atoms with Gasteiger partial charge in [0.15, 0.2) is 5.82 Å². The van der Waals surface area contributed by atoms with Gasteiger partial charge in [0, 0.05) is 25.1 Å². The molecule has 7 heteroatoms. The van der Waals surface area contributed by atoms with E-state index in [4.69, 9.17) is 9.84 Å². The average Bonchev–Trinajstić information content (AvgIpc) is 3.02. The zero-order chi connectivity index (χ0) is 16.5. The van der Waals surface area contributed by atoms with Crippen molar-refractivity contribution in [1.29, 1.82) is 0 Å². The summed E-state index contributed by atoms with van der Waals surface area (Å²) in [6.45, 7) is 7.67. The number of aromatic nitrogens is 4. The second-order valence-electron chi connectivity index (χ2n) is 6.57. The van der Waals surface area contributed by atoms with E-state index in [9.17, 15) is 0 Å². The number of ether oxygens (including phenoxy) is 1. The van der Waals surface area contributed by atoms with Gasteiger partial charge in [0.1, 0.15) is 17.4 Å². The van der Waals surface area contributed by atoms with Crippen molar-refractivity contribution >= 4 is 16.3 Å². The van der Waals surface area contributed by atoms with Crippen molar-refractivity contribution in [3.8, 4) is 5.75 Å². The molecule has 3 aromatic rings. The Balaban J connectivity index is 1.53. The van der Waals surface area contributed by atoms with Gasteiger partial charge in [0.05, 0.1) is 6.54 Å². The Hall–Kier alpha value is -1.99. The normalized spacial score (nSPS) is 15.5. The van der Waals surface area contributed by atoms with Crippen LogP contribution in [0.1, 0.15) is 30.2 Å². The molecule has 0 atom stereocenters. The lowest BCUT2D eigenvalue weighted by atomic mass is 10.1. The molecule has 0 amide bonds. The van der Waals surface area contributed by atoms with Gasteiger partial charge >= 0.3 is 0 Å². The first kappa shape index (κ1) is 15.5. The third kappa shape index (κ3) is 3.14. The molecule has 0 saturated carbocycles. The standard InChI is InChI=1S/C17H21N5OS/c1-12(2)9-15-18-19-17-22(15)20-16(24-17)11-21-7-8-23-14-6-4-3-5-13(14)10-21/h3-6,12H,7-11H2,1-2H3. The molecule has 0 unspecified atom stereocenters. The second-order valence-corrected chi connectivity index (χ2v) is 7.61. The summed E-state index contributed by atoms with van der Waals surface area (Å²) in [5, 5.41) is 14.3. The lowest BCUT2D eigenvalue weighted by Crippen LogP contribution is -2.25. The number of rotatable bonds is 4. The molecule has 0 saturated heterocycles. The smallest absolute Gasteiger partial charge is 0.234 e. The third-order valence-corrected chi connectivity index (χ3v) is 4.96. The fourth-order valence-corrected chi connectivity index (χ4v) is 3.85. The maximum atomic E-state index is 5.84. The average molecular weight is 343 g/mol. The number of hydrogen-bond acceptors (Lipinski definition) is 6. The number of hydrogen-bond donors (Lipinski definition) is 0. The Morgan fingerprint density at radius 2 is 2.12 bits per heavy atom. The van der Waals surface area contributed by atoms with Gasteiger partial charge in [-0.2, -0.15) is 9.61 Å². The van der Waals surface area contributed by atoms with Gasteiger partial charge in [-0.05, 0) is 12.0 Å². The van der Waals surface area contributed by atoms with E-state index in [-0.39, 0.29) is 0 Å². The van der Waals surface area contributed by atoms with Crippen molar-refractivity contribution in [2.75, 3.05) is 13.2 Å². The number of fused-ring (bicyclic) bond motifs is 2.